The fourth-order valence-electron chi connectivity index (χ4n) is 1.30. The zero-order valence-electron chi connectivity index (χ0n) is 7.36. The highest BCUT2D eigenvalue weighted by atomic mass is 79.9. The van der Waals surface area contributed by atoms with E-state index < -0.39 is 0 Å². The summed E-state index contributed by atoms with van der Waals surface area (Å²) in [6.45, 7) is 8.90. The van der Waals surface area contributed by atoms with Gasteiger partial charge in [0.15, 0.2) is 0 Å². The largest absolute Gasteiger partial charge is 0.136 e. The first-order chi connectivity index (χ1) is 4.93. The van der Waals surface area contributed by atoms with Crippen molar-refractivity contribution in [3.05, 3.63) is 20.3 Å². The molecule has 0 N–H and O–H groups in total. The zero-order valence-corrected chi connectivity index (χ0v) is 9.77. The van der Waals surface area contributed by atoms with Crippen LogP contribution in [0.25, 0.3) is 0 Å². The molecule has 11 heavy (non-hydrogen) atoms. The minimum Gasteiger partial charge on any atom is -0.136 e. The van der Waals surface area contributed by atoms with Crippen LogP contribution in [0.15, 0.2) is 9.17 Å². The molecule has 0 bridgehead atoms. The smallest absolute Gasteiger partial charge is 0.0738 e. The Morgan fingerprint density at radius 3 is 2.09 bits per heavy atom. The molecule has 62 valence electrons. The van der Waals surface area contributed by atoms with Gasteiger partial charge < -0.3 is 0 Å². The first-order valence-electron chi connectivity index (χ1n) is 3.67. The third kappa shape index (κ3) is 1.85. The van der Waals surface area contributed by atoms with Crippen molar-refractivity contribution in [2.75, 3.05) is 0 Å². The molecule has 0 unspecified atom stereocenters. The van der Waals surface area contributed by atoms with Crippen molar-refractivity contribution >= 4 is 27.3 Å². The van der Waals surface area contributed by atoms with Crippen LogP contribution in [0.3, 0.4) is 0 Å². The van der Waals surface area contributed by atoms with Gasteiger partial charge in [-0.3, -0.25) is 0 Å². The predicted molar refractivity (Wildman–Crippen MR) is 55.5 cm³/mol. The summed E-state index contributed by atoms with van der Waals surface area (Å²) in [6, 6.07) is 0. The molecule has 0 aromatic carbocycles. The van der Waals surface area contributed by atoms with Crippen molar-refractivity contribution in [1.29, 1.82) is 0 Å². The molecule has 0 saturated heterocycles. The molecule has 1 aromatic heterocycles. The van der Waals surface area contributed by atoms with Gasteiger partial charge in [0.25, 0.3) is 0 Å². The first-order valence-corrected chi connectivity index (χ1v) is 5.34. The minimum atomic E-state index is 0.267. The van der Waals surface area contributed by atoms with E-state index in [1.54, 1.807) is 11.3 Å². The van der Waals surface area contributed by atoms with Crippen LogP contribution in [0.5, 0.6) is 0 Å². The average molecular weight is 233 g/mol. The normalized spacial score (nSPS) is 12.1. The summed E-state index contributed by atoms with van der Waals surface area (Å²) < 4.78 is 1.28. The molecule has 0 aliphatic carbocycles. The Labute approximate surface area is 80.8 Å². The molecule has 0 nitrogen and oxygen atoms in total. The summed E-state index contributed by atoms with van der Waals surface area (Å²) >= 11 is 5.35. The monoisotopic (exact) mass is 232 g/mol. The van der Waals surface area contributed by atoms with Gasteiger partial charge in [-0.05, 0) is 44.8 Å². The fourth-order valence-corrected chi connectivity index (χ4v) is 3.47. The average Bonchev–Trinajstić information content (AvgIpc) is 2.08. The van der Waals surface area contributed by atoms with Crippen molar-refractivity contribution < 1.29 is 0 Å². The first kappa shape index (κ1) is 9.27. The second-order valence-corrected chi connectivity index (χ2v) is 6.01. The Morgan fingerprint density at radius 1 is 1.36 bits per heavy atom. The maximum Gasteiger partial charge on any atom is 0.0738 e. The minimum absolute atomic E-state index is 0.267. The van der Waals surface area contributed by atoms with Crippen molar-refractivity contribution in [2.45, 2.75) is 33.1 Å². The van der Waals surface area contributed by atoms with E-state index in [9.17, 15) is 0 Å². The van der Waals surface area contributed by atoms with Crippen LogP contribution < -0.4 is 0 Å². The molecule has 0 aliphatic heterocycles. The summed E-state index contributed by atoms with van der Waals surface area (Å²) in [5.41, 5.74) is 3.11. The second kappa shape index (κ2) is 2.91. The SMILES string of the molecule is Cc1csc(Br)c1C(C)(C)C. The number of aryl methyl sites for hydroxylation is 1. The maximum absolute atomic E-state index is 3.57. The van der Waals surface area contributed by atoms with Crippen molar-refractivity contribution in [3.63, 3.8) is 0 Å². The molecule has 2 heteroatoms. The molecule has 0 fully saturated rings. The predicted octanol–water partition coefficient (Wildman–Crippen LogP) is 4.12. The lowest BCUT2D eigenvalue weighted by molar-refractivity contribution is 0.586. The lowest BCUT2D eigenvalue weighted by Crippen LogP contribution is -2.11. The Kier molecular flexibility index (Phi) is 2.45. The number of hydrogen-bond donors (Lipinski definition) is 0. The molecule has 0 saturated carbocycles. The maximum atomic E-state index is 3.57. The van der Waals surface area contributed by atoms with Gasteiger partial charge in [-0.25, -0.2) is 0 Å². The van der Waals surface area contributed by atoms with Crippen LogP contribution >= 0.6 is 27.3 Å². The van der Waals surface area contributed by atoms with E-state index in [0.29, 0.717) is 0 Å². The summed E-state index contributed by atoms with van der Waals surface area (Å²) in [5, 5.41) is 2.20. The van der Waals surface area contributed by atoms with Crippen LogP contribution in [-0.2, 0) is 5.41 Å². The number of rotatable bonds is 0. The fraction of sp³-hybridized carbons (Fsp3) is 0.556. The summed E-state index contributed by atoms with van der Waals surface area (Å²) in [6.07, 6.45) is 0. The highest BCUT2D eigenvalue weighted by molar-refractivity contribution is 9.11. The van der Waals surface area contributed by atoms with Crippen LogP contribution in [0.2, 0.25) is 0 Å². The quantitative estimate of drug-likeness (QED) is 0.632. The summed E-state index contributed by atoms with van der Waals surface area (Å²) in [5.74, 6) is 0. The second-order valence-electron chi connectivity index (χ2n) is 3.82. The molecule has 1 rings (SSSR count). The van der Waals surface area contributed by atoms with Gasteiger partial charge in [-0.1, -0.05) is 20.8 Å². The molecular formula is C9H13BrS. The Bertz CT molecular complexity index is 236. The highest BCUT2D eigenvalue weighted by Gasteiger charge is 2.20. The zero-order chi connectivity index (χ0) is 8.65. The van der Waals surface area contributed by atoms with Gasteiger partial charge in [0.2, 0.25) is 0 Å². The van der Waals surface area contributed by atoms with Crippen LogP contribution in [-0.4, -0.2) is 0 Å². The van der Waals surface area contributed by atoms with E-state index in [2.05, 4.69) is 49.0 Å². The molecular weight excluding hydrogens is 220 g/mol. The topological polar surface area (TPSA) is 0 Å². The number of hydrogen-bond acceptors (Lipinski definition) is 1. The van der Waals surface area contributed by atoms with E-state index in [1.807, 2.05) is 0 Å². The lowest BCUT2D eigenvalue weighted by atomic mass is 9.87. The van der Waals surface area contributed by atoms with E-state index in [1.165, 1.54) is 14.9 Å². The van der Waals surface area contributed by atoms with Crippen LogP contribution in [0.4, 0.5) is 0 Å². The Balaban J connectivity index is 3.21. The standard InChI is InChI=1S/C9H13BrS/c1-6-5-11-8(10)7(6)9(2,3)4/h5H,1-4H3. The van der Waals surface area contributed by atoms with E-state index in [0.717, 1.165) is 0 Å². The van der Waals surface area contributed by atoms with Crippen molar-refractivity contribution in [2.24, 2.45) is 0 Å². The molecule has 1 heterocycles. The molecule has 0 amide bonds. The van der Waals surface area contributed by atoms with E-state index in [4.69, 9.17) is 0 Å². The van der Waals surface area contributed by atoms with Gasteiger partial charge in [0.1, 0.15) is 0 Å². The van der Waals surface area contributed by atoms with Gasteiger partial charge >= 0.3 is 0 Å². The molecule has 0 radical (unpaired) electrons. The highest BCUT2D eigenvalue weighted by Crippen LogP contribution is 2.36. The Hall–Kier alpha value is 0.180. The van der Waals surface area contributed by atoms with E-state index >= 15 is 0 Å². The van der Waals surface area contributed by atoms with Gasteiger partial charge in [0, 0.05) is 0 Å². The molecule has 1 aromatic rings. The molecule has 0 spiro atoms. The van der Waals surface area contributed by atoms with Gasteiger partial charge in [0.05, 0.1) is 3.79 Å². The number of halogens is 1. The van der Waals surface area contributed by atoms with Crippen molar-refractivity contribution in [3.8, 4) is 0 Å². The summed E-state index contributed by atoms with van der Waals surface area (Å²) in [4.78, 5) is 0. The third-order valence-corrected chi connectivity index (χ3v) is 3.52. The number of thiophene rings is 1. The molecule has 0 atom stereocenters. The Morgan fingerprint density at radius 2 is 1.91 bits per heavy atom. The van der Waals surface area contributed by atoms with Gasteiger partial charge in [-0.2, -0.15) is 0 Å². The van der Waals surface area contributed by atoms with Crippen LogP contribution in [0, 0.1) is 6.92 Å². The van der Waals surface area contributed by atoms with Crippen LogP contribution in [0.1, 0.15) is 31.9 Å². The van der Waals surface area contributed by atoms with Crippen molar-refractivity contribution in [1.82, 2.24) is 0 Å². The molecule has 0 aliphatic rings. The third-order valence-electron chi connectivity index (χ3n) is 1.68. The lowest BCUT2D eigenvalue weighted by Gasteiger charge is -2.19. The van der Waals surface area contributed by atoms with E-state index in [-0.39, 0.29) is 5.41 Å². The van der Waals surface area contributed by atoms with Gasteiger partial charge in [-0.15, -0.1) is 11.3 Å². The summed E-state index contributed by atoms with van der Waals surface area (Å²) in [7, 11) is 0.